The van der Waals surface area contributed by atoms with Crippen molar-refractivity contribution in [2.24, 2.45) is 0 Å². The van der Waals surface area contributed by atoms with Gasteiger partial charge in [0.25, 0.3) is 0 Å². The SMILES string of the molecule is O=Cc1c(-c2ccc(-c3ccccc3)cc2)[nH]c2c(Cl)cccc12. The summed E-state index contributed by atoms with van der Waals surface area (Å²) in [6.45, 7) is 0. The highest BCUT2D eigenvalue weighted by Gasteiger charge is 2.14. The van der Waals surface area contributed by atoms with E-state index in [4.69, 9.17) is 11.6 Å². The molecule has 0 saturated carbocycles. The summed E-state index contributed by atoms with van der Waals surface area (Å²) < 4.78 is 0. The Morgan fingerprint density at radius 2 is 1.42 bits per heavy atom. The van der Waals surface area contributed by atoms with Crippen LogP contribution in [0.3, 0.4) is 0 Å². The molecule has 1 aromatic heterocycles. The molecule has 2 nitrogen and oxygen atoms in total. The molecule has 0 amide bonds. The van der Waals surface area contributed by atoms with Crippen LogP contribution in [0.15, 0.2) is 72.8 Å². The second-order valence-corrected chi connectivity index (χ2v) is 6.04. The summed E-state index contributed by atoms with van der Waals surface area (Å²) >= 11 is 6.24. The maximum absolute atomic E-state index is 11.6. The average molecular weight is 332 g/mol. The van der Waals surface area contributed by atoms with Gasteiger partial charge in [0.15, 0.2) is 6.29 Å². The highest BCUT2D eigenvalue weighted by molar-refractivity contribution is 6.35. The third-order valence-electron chi connectivity index (χ3n) is 4.22. The molecule has 0 spiro atoms. The number of nitrogens with one attached hydrogen (secondary N) is 1. The molecule has 0 aliphatic carbocycles. The van der Waals surface area contributed by atoms with Gasteiger partial charge < -0.3 is 4.98 Å². The Balaban J connectivity index is 1.83. The third kappa shape index (κ3) is 2.41. The van der Waals surface area contributed by atoms with Crippen LogP contribution in [-0.4, -0.2) is 11.3 Å². The van der Waals surface area contributed by atoms with Gasteiger partial charge in [-0.3, -0.25) is 4.79 Å². The fourth-order valence-corrected chi connectivity index (χ4v) is 3.23. The number of hydrogen-bond acceptors (Lipinski definition) is 1. The Morgan fingerprint density at radius 1 is 0.750 bits per heavy atom. The number of para-hydroxylation sites is 1. The first-order chi connectivity index (χ1) is 11.8. The second-order valence-electron chi connectivity index (χ2n) is 5.64. The van der Waals surface area contributed by atoms with Gasteiger partial charge in [0, 0.05) is 10.9 Å². The first-order valence-electron chi connectivity index (χ1n) is 7.69. The topological polar surface area (TPSA) is 32.9 Å². The molecule has 1 heterocycles. The van der Waals surface area contributed by atoms with Crippen molar-refractivity contribution < 1.29 is 4.79 Å². The maximum Gasteiger partial charge on any atom is 0.152 e. The minimum Gasteiger partial charge on any atom is -0.353 e. The van der Waals surface area contributed by atoms with Crippen molar-refractivity contribution in [3.63, 3.8) is 0 Å². The summed E-state index contributed by atoms with van der Waals surface area (Å²) in [6.07, 6.45) is 0.885. The smallest absolute Gasteiger partial charge is 0.152 e. The lowest BCUT2D eigenvalue weighted by atomic mass is 10.0. The van der Waals surface area contributed by atoms with Crippen molar-refractivity contribution in [2.45, 2.75) is 0 Å². The van der Waals surface area contributed by atoms with Crippen molar-refractivity contribution >= 4 is 28.8 Å². The van der Waals surface area contributed by atoms with Crippen molar-refractivity contribution in [2.75, 3.05) is 0 Å². The fraction of sp³-hybridized carbons (Fsp3) is 0. The summed E-state index contributed by atoms with van der Waals surface area (Å²) in [5.74, 6) is 0. The van der Waals surface area contributed by atoms with Crippen molar-refractivity contribution in [3.05, 3.63) is 83.4 Å². The molecular formula is C21H14ClNO. The quantitative estimate of drug-likeness (QED) is 0.461. The number of halogens is 1. The van der Waals surface area contributed by atoms with Crippen LogP contribution >= 0.6 is 11.6 Å². The van der Waals surface area contributed by atoms with E-state index in [2.05, 4.69) is 29.2 Å². The molecule has 0 unspecified atom stereocenters. The van der Waals surface area contributed by atoms with Crippen LogP contribution in [0.2, 0.25) is 5.02 Å². The molecule has 3 heteroatoms. The number of aromatic nitrogens is 1. The van der Waals surface area contributed by atoms with Crippen LogP contribution in [-0.2, 0) is 0 Å². The fourth-order valence-electron chi connectivity index (χ4n) is 3.01. The number of aldehydes is 1. The van der Waals surface area contributed by atoms with E-state index in [0.717, 1.165) is 34.0 Å². The van der Waals surface area contributed by atoms with Crippen molar-refractivity contribution in [1.29, 1.82) is 0 Å². The van der Waals surface area contributed by atoms with Crippen LogP contribution < -0.4 is 0 Å². The number of hydrogen-bond donors (Lipinski definition) is 1. The Hall–Kier alpha value is -2.84. The van der Waals surface area contributed by atoms with Gasteiger partial charge in [0.1, 0.15) is 0 Å². The van der Waals surface area contributed by atoms with Gasteiger partial charge in [-0.1, -0.05) is 78.3 Å². The lowest BCUT2D eigenvalue weighted by Crippen LogP contribution is -1.85. The highest BCUT2D eigenvalue weighted by Crippen LogP contribution is 2.33. The molecule has 1 N–H and O–H groups in total. The van der Waals surface area contributed by atoms with E-state index in [1.807, 2.05) is 48.5 Å². The Kier molecular flexibility index (Phi) is 3.68. The molecule has 4 rings (SSSR count). The predicted molar refractivity (Wildman–Crippen MR) is 99.6 cm³/mol. The molecule has 0 bridgehead atoms. The first kappa shape index (κ1) is 14.7. The summed E-state index contributed by atoms with van der Waals surface area (Å²) in [4.78, 5) is 14.9. The summed E-state index contributed by atoms with van der Waals surface area (Å²) in [7, 11) is 0. The zero-order chi connectivity index (χ0) is 16.5. The van der Waals surface area contributed by atoms with Crippen LogP contribution in [0, 0.1) is 0 Å². The van der Waals surface area contributed by atoms with Crippen LogP contribution in [0.25, 0.3) is 33.3 Å². The molecule has 24 heavy (non-hydrogen) atoms. The standard InChI is InChI=1S/C21H14ClNO/c22-19-8-4-7-17-18(13-24)20(23-21(17)19)16-11-9-15(10-12-16)14-5-2-1-3-6-14/h1-13,23H. The van der Waals surface area contributed by atoms with Crippen molar-refractivity contribution in [1.82, 2.24) is 4.98 Å². The van der Waals surface area contributed by atoms with E-state index in [-0.39, 0.29) is 0 Å². The predicted octanol–water partition coefficient (Wildman–Crippen LogP) is 5.97. The van der Waals surface area contributed by atoms with Crippen LogP contribution in [0.4, 0.5) is 0 Å². The van der Waals surface area contributed by atoms with Crippen LogP contribution in [0.1, 0.15) is 10.4 Å². The number of H-pyrrole nitrogens is 1. The van der Waals surface area contributed by atoms with Crippen LogP contribution in [0.5, 0.6) is 0 Å². The summed E-state index contributed by atoms with van der Waals surface area (Å²) in [5, 5.41) is 1.46. The number of carbonyl (C=O) groups is 1. The van der Waals surface area contributed by atoms with E-state index >= 15 is 0 Å². The van der Waals surface area contributed by atoms with Crippen molar-refractivity contribution in [3.8, 4) is 22.4 Å². The largest absolute Gasteiger partial charge is 0.353 e. The van der Waals surface area contributed by atoms with E-state index in [0.29, 0.717) is 10.6 Å². The van der Waals surface area contributed by atoms with E-state index in [9.17, 15) is 4.79 Å². The van der Waals surface area contributed by atoms with E-state index in [1.54, 1.807) is 0 Å². The Morgan fingerprint density at radius 3 is 2.12 bits per heavy atom. The molecule has 0 atom stereocenters. The summed E-state index contributed by atoms with van der Waals surface area (Å²) in [6, 6.07) is 23.9. The van der Waals surface area contributed by atoms with Gasteiger partial charge in [-0.2, -0.15) is 0 Å². The summed E-state index contributed by atoms with van der Waals surface area (Å²) in [5.41, 5.74) is 5.50. The molecule has 4 aromatic rings. The van der Waals surface area contributed by atoms with Gasteiger partial charge in [0.2, 0.25) is 0 Å². The average Bonchev–Trinajstić information content (AvgIpc) is 3.03. The second kappa shape index (κ2) is 5.99. The number of benzene rings is 3. The number of aromatic amines is 1. The third-order valence-corrected chi connectivity index (χ3v) is 4.54. The minimum atomic E-state index is 0.614. The molecular weight excluding hydrogens is 318 g/mol. The van der Waals surface area contributed by atoms with Gasteiger partial charge in [-0.15, -0.1) is 0 Å². The molecule has 0 saturated heterocycles. The number of rotatable bonds is 3. The molecule has 0 radical (unpaired) electrons. The zero-order valence-corrected chi connectivity index (χ0v) is 13.5. The molecule has 3 aromatic carbocycles. The lowest BCUT2D eigenvalue weighted by molar-refractivity contribution is 0.112. The number of fused-ring (bicyclic) bond motifs is 1. The van der Waals surface area contributed by atoms with Gasteiger partial charge in [-0.05, 0) is 22.8 Å². The minimum absolute atomic E-state index is 0.614. The Labute approximate surface area is 144 Å². The zero-order valence-electron chi connectivity index (χ0n) is 12.8. The maximum atomic E-state index is 11.6. The number of carbonyl (C=O) groups excluding carboxylic acids is 1. The van der Waals surface area contributed by atoms with E-state index in [1.165, 1.54) is 5.56 Å². The monoisotopic (exact) mass is 331 g/mol. The molecule has 0 aliphatic heterocycles. The molecule has 116 valence electrons. The van der Waals surface area contributed by atoms with Gasteiger partial charge in [0.05, 0.1) is 16.2 Å². The molecule has 0 fully saturated rings. The van der Waals surface area contributed by atoms with Gasteiger partial charge >= 0.3 is 0 Å². The molecule has 0 aliphatic rings. The highest BCUT2D eigenvalue weighted by atomic mass is 35.5. The van der Waals surface area contributed by atoms with Gasteiger partial charge in [-0.25, -0.2) is 0 Å². The first-order valence-corrected chi connectivity index (χ1v) is 8.07. The Bertz CT molecular complexity index is 1020. The normalized spacial score (nSPS) is 10.9. The lowest BCUT2D eigenvalue weighted by Gasteiger charge is -2.04. The van der Waals surface area contributed by atoms with E-state index < -0.39 is 0 Å².